The zero-order valence-electron chi connectivity index (χ0n) is 19.7. The molecular weight excluding hydrogens is 400 g/mol. The van der Waals surface area contributed by atoms with E-state index in [0.29, 0.717) is 6.04 Å². The van der Waals surface area contributed by atoms with Crippen molar-refractivity contribution in [2.45, 2.75) is 89.8 Å². The van der Waals surface area contributed by atoms with Crippen molar-refractivity contribution in [2.75, 3.05) is 11.4 Å². The molecule has 6 nitrogen and oxygen atoms in total. The number of nitrogens with zero attached hydrogens (tertiary/aromatic N) is 3. The average molecular weight is 435 g/mol. The molecule has 2 heterocycles. The first kappa shape index (κ1) is 21.2. The van der Waals surface area contributed by atoms with Crippen LogP contribution in [0, 0.1) is 0 Å². The molecule has 2 fully saturated rings. The summed E-state index contributed by atoms with van der Waals surface area (Å²) in [5.41, 5.74) is 5.05. The van der Waals surface area contributed by atoms with Gasteiger partial charge in [-0.05, 0) is 78.2 Å². The van der Waals surface area contributed by atoms with Crippen molar-refractivity contribution in [1.82, 2.24) is 15.3 Å². The van der Waals surface area contributed by atoms with Gasteiger partial charge in [-0.1, -0.05) is 24.3 Å². The van der Waals surface area contributed by atoms with Gasteiger partial charge in [0, 0.05) is 29.4 Å². The summed E-state index contributed by atoms with van der Waals surface area (Å²) < 4.78 is 5.52. The molecule has 1 aliphatic heterocycles. The van der Waals surface area contributed by atoms with E-state index in [-0.39, 0.29) is 11.6 Å². The maximum atomic E-state index is 12.5. The van der Waals surface area contributed by atoms with Crippen LogP contribution in [0.2, 0.25) is 0 Å². The highest BCUT2D eigenvalue weighted by atomic mass is 16.6. The van der Waals surface area contributed by atoms with Crippen LogP contribution in [0.15, 0.2) is 24.3 Å². The Labute approximate surface area is 190 Å². The molecule has 5 rings (SSSR count). The third-order valence-corrected chi connectivity index (χ3v) is 7.16. The van der Waals surface area contributed by atoms with Crippen LogP contribution in [0.1, 0.15) is 76.6 Å². The van der Waals surface area contributed by atoms with Gasteiger partial charge in [0.2, 0.25) is 5.95 Å². The molecule has 2 aromatic rings. The number of anilines is 1. The van der Waals surface area contributed by atoms with Crippen LogP contribution >= 0.6 is 0 Å². The Kier molecular flexibility index (Phi) is 5.14. The fraction of sp³-hybridized carbons (Fsp3) is 0.577. The van der Waals surface area contributed by atoms with Crippen molar-refractivity contribution in [3.05, 3.63) is 41.1 Å². The van der Waals surface area contributed by atoms with Gasteiger partial charge in [0.05, 0.1) is 11.2 Å². The monoisotopic (exact) mass is 434 g/mol. The number of aryl methyl sites for hydroxylation is 1. The second kappa shape index (κ2) is 7.75. The number of hydrogen-bond donors (Lipinski definition) is 1. The summed E-state index contributed by atoms with van der Waals surface area (Å²) in [5, 5.41) is 3.15. The number of carbonyl (C=O) groups excluding carboxylic acids is 1. The van der Waals surface area contributed by atoms with Crippen molar-refractivity contribution < 1.29 is 9.53 Å². The zero-order valence-corrected chi connectivity index (χ0v) is 19.7. The first-order valence-electron chi connectivity index (χ1n) is 12.0. The number of amides is 1. The summed E-state index contributed by atoms with van der Waals surface area (Å²) >= 11 is 0. The molecule has 1 saturated heterocycles. The van der Waals surface area contributed by atoms with Crippen LogP contribution in [-0.2, 0) is 23.1 Å². The highest BCUT2D eigenvalue weighted by Crippen LogP contribution is 2.42. The first-order chi connectivity index (χ1) is 15.2. The van der Waals surface area contributed by atoms with Gasteiger partial charge >= 0.3 is 6.09 Å². The minimum absolute atomic E-state index is 0.327. The quantitative estimate of drug-likeness (QED) is 0.722. The van der Waals surface area contributed by atoms with Gasteiger partial charge in [0.15, 0.2) is 0 Å². The van der Waals surface area contributed by atoms with Gasteiger partial charge < -0.3 is 15.0 Å². The van der Waals surface area contributed by atoms with E-state index >= 15 is 0 Å². The molecule has 1 aromatic heterocycles. The van der Waals surface area contributed by atoms with E-state index in [9.17, 15) is 4.79 Å². The zero-order chi connectivity index (χ0) is 22.5. The van der Waals surface area contributed by atoms with E-state index in [1.54, 1.807) is 0 Å². The third-order valence-electron chi connectivity index (χ3n) is 7.16. The van der Waals surface area contributed by atoms with E-state index < -0.39 is 5.60 Å². The summed E-state index contributed by atoms with van der Waals surface area (Å²) in [6.45, 7) is 8.96. The Balaban J connectivity index is 1.42. The van der Waals surface area contributed by atoms with Gasteiger partial charge in [-0.3, -0.25) is 0 Å². The third kappa shape index (κ3) is 3.84. The Morgan fingerprint density at radius 1 is 1.12 bits per heavy atom. The van der Waals surface area contributed by atoms with Crippen LogP contribution in [0.4, 0.5) is 10.7 Å². The molecule has 170 valence electrons. The smallest absolute Gasteiger partial charge is 0.408 e. The van der Waals surface area contributed by atoms with Crippen LogP contribution in [0.3, 0.4) is 0 Å². The molecule has 1 amide bonds. The Morgan fingerprint density at radius 2 is 1.88 bits per heavy atom. The topological polar surface area (TPSA) is 67.4 Å². The highest BCUT2D eigenvalue weighted by Gasteiger charge is 2.41. The van der Waals surface area contributed by atoms with Crippen molar-refractivity contribution in [3.8, 4) is 11.3 Å². The summed E-state index contributed by atoms with van der Waals surface area (Å²) in [4.78, 5) is 24.7. The van der Waals surface area contributed by atoms with E-state index in [1.165, 1.54) is 17.7 Å². The second-order valence-corrected chi connectivity index (χ2v) is 10.6. The number of fused-ring (bicyclic) bond motifs is 1. The van der Waals surface area contributed by atoms with Crippen molar-refractivity contribution >= 4 is 12.0 Å². The second-order valence-electron chi connectivity index (χ2n) is 10.6. The van der Waals surface area contributed by atoms with Crippen LogP contribution in [-0.4, -0.2) is 34.2 Å². The summed E-state index contributed by atoms with van der Waals surface area (Å²) in [6, 6.07) is 9.15. The van der Waals surface area contributed by atoms with E-state index in [1.807, 2.05) is 20.8 Å². The standard InChI is InChI=1S/C26H34N4O2/c1-17-13-16-30(17)23-27-21-8-5-7-20(21)22(28-23)18-9-11-19(12-10-18)26(14-6-15-26)29-24(31)32-25(2,3)4/h9-12,17H,5-8,13-16H2,1-4H3,(H,29,31). The lowest BCUT2D eigenvalue weighted by Gasteiger charge is -2.43. The molecule has 6 heteroatoms. The summed E-state index contributed by atoms with van der Waals surface area (Å²) in [6.07, 6.45) is 7.08. The van der Waals surface area contributed by atoms with Crippen molar-refractivity contribution in [2.24, 2.45) is 0 Å². The van der Waals surface area contributed by atoms with Crippen molar-refractivity contribution in [3.63, 3.8) is 0 Å². The number of ether oxygens (including phenoxy) is 1. The molecule has 32 heavy (non-hydrogen) atoms. The van der Waals surface area contributed by atoms with Gasteiger partial charge in [-0.2, -0.15) is 0 Å². The van der Waals surface area contributed by atoms with Gasteiger partial charge in [0.1, 0.15) is 5.60 Å². The molecule has 1 atom stereocenters. The summed E-state index contributed by atoms with van der Waals surface area (Å²) in [5.74, 6) is 0.880. The van der Waals surface area contributed by atoms with E-state index in [4.69, 9.17) is 14.7 Å². The molecule has 0 radical (unpaired) electrons. The molecule has 1 saturated carbocycles. The van der Waals surface area contributed by atoms with Crippen LogP contribution in [0.5, 0.6) is 0 Å². The number of hydrogen-bond acceptors (Lipinski definition) is 5. The highest BCUT2D eigenvalue weighted by molar-refractivity contribution is 5.70. The van der Waals surface area contributed by atoms with Crippen molar-refractivity contribution in [1.29, 1.82) is 0 Å². The fourth-order valence-corrected chi connectivity index (χ4v) is 5.06. The molecule has 2 aliphatic carbocycles. The maximum Gasteiger partial charge on any atom is 0.408 e. The first-order valence-corrected chi connectivity index (χ1v) is 12.0. The molecule has 1 N–H and O–H groups in total. The fourth-order valence-electron chi connectivity index (χ4n) is 5.06. The molecular formula is C26H34N4O2. The van der Waals surface area contributed by atoms with Crippen LogP contribution < -0.4 is 10.2 Å². The lowest BCUT2D eigenvalue weighted by atomic mass is 9.71. The maximum absolute atomic E-state index is 12.5. The van der Waals surface area contributed by atoms with Crippen LogP contribution in [0.25, 0.3) is 11.3 Å². The largest absolute Gasteiger partial charge is 0.444 e. The number of alkyl carbamates (subject to hydrolysis) is 1. The number of benzene rings is 1. The molecule has 0 bridgehead atoms. The SMILES string of the molecule is CC1CCN1c1nc2c(c(-c3ccc(C4(NC(=O)OC(C)(C)C)CCC4)cc3)n1)CCC2. The number of nitrogens with one attached hydrogen (secondary N) is 1. The Bertz CT molecular complexity index is 1020. The molecule has 0 spiro atoms. The molecule has 1 unspecified atom stereocenters. The van der Waals surface area contributed by atoms with Gasteiger partial charge in [-0.25, -0.2) is 14.8 Å². The number of aromatic nitrogens is 2. The lowest BCUT2D eigenvalue weighted by molar-refractivity contribution is 0.0377. The number of rotatable bonds is 4. The van der Waals surface area contributed by atoms with E-state index in [2.05, 4.69) is 41.4 Å². The minimum Gasteiger partial charge on any atom is -0.444 e. The van der Waals surface area contributed by atoms with E-state index in [0.717, 1.165) is 67.8 Å². The normalized spacial score (nSPS) is 21.4. The lowest BCUT2D eigenvalue weighted by Crippen LogP contribution is -2.52. The average Bonchev–Trinajstić information content (AvgIpc) is 3.16. The Morgan fingerprint density at radius 3 is 2.44 bits per heavy atom. The predicted octanol–water partition coefficient (Wildman–Crippen LogP) is 5.13. The molecule has 1 aromatic carbocycles. The predicted molar refractivity (Wildman–Crippen MR) is 126 cm³/mol. The van der Waals surface area contributed by atoms with Gasteiger partial charge in [-0.15, -0.1) is 0 Å². The Hall–Kier alpha value is -2.63. The minimum atomic E-state index is -0.502. The van der Waals surface area contributed by atoms with Gasteiger partial charge in [0.25, 0.3) is 0 Å². The summed E-state index contributed by atoms with van der Waals surface area (Å²) in [7, 11) is 0. The number of carbonyl (C=O) groups is 1. The molecule has 3 aliphatic rings.